The molecule has 0 aromatic heterocycles. The van der Waals surface area contributed by atoms with Crippen molar-refractivity contribution < 1.29 is 0 Å². The Morgan fingerprint density at radius 2 is 1.47 bits per heavy atom. The Morgan fingerprint density at radius 3 is 2.00 bits per heavy atom. The number of rotatable bonds is 1. The van der Waals surface area contributed by atoms with E-state index >= 15 is 0 Å². The van der Waals surface area contributed by atoms with Crippen LogP contribution in [0.25, 0.3) is 0 Å². The van der Waals surface area contributed by atoms with Gasteiger partial charge in [-0.3, -0.25) is 0 Å². The van der Waals surface area contributed by atoms with Gasteiger partial charge in [0.15, 0.2) is 0 Å². The van der Waals surface area contributed by atoms with Gasteiger partial charge in [0.2, 0.25) is 0 Å². The van der Waals surface area contributed by atoms with Gasteiger partial charge in [-0.2, -0.15) is 0 Å². The molecule has 2 heterocycles. The fourth-order valence-electron chi connectivity index (χ4n) is 2.57. The van der Waals surface area contributed by atoms with Gasteiger partial charge in [-0.1, -0.05) is 6.92 Å². The zero-order valence-electron chi connectivity index (χ0n) is 9.58. The molecule has 0 aliphatic carbocycles. The summed E-state index contributed by atoms with van der Waals surface area (Å²) < 4.78 is 0. The molecule has 0 aromatic carbocycles. The van der Waals surface area contributed by atoms with Crippen molar-refractivity contribution in [3.8, 4) is 0 Å². The molecule has 2 rings (SSSR count). The number of hydrogen-bond donors (Lipinski definition) is 1. The molecule has 0 bridgehead atoms. The number of nitrogens with one attached hydrogen (secondary N) is 1. The van der Waals surface area contributed by atoms with Crippen LogP contribution in [0.3, 0.4) is 0 Å². The van der Waals surface area contributed by atoms with E-state index in [-0.39, 0.29) is 24.8 Å². The van der Waals surface area contributed by atoms with E-state index in [0.29, 0.717) is 0 Å². The summed E-state index contributed by atoms with van der Waals surface area (Å²) in [6.07, 6.45) is 5.58. The zero-order chi connectivity index (χ0) is 9.10. The van der Waals surface area contributed by atoms with E-state index in [1.807, 2.05) is 0 Å². The molecule has 92 valence electrons. The first kappa shape index (κ1) is 15.5. The minimum atomic E-state index is 0. The molecule has 15 heavy (non-hydrogen) atoms. The first-order chi connectivity index (χ1) is 6.36. The summed E-state index contributed by atoms with van der Waals surface area (Å²) in [5, 5.41) is 3.44. The molecular weight excluding hydrogens is 231 g/mol. The molecule has 2 saturated heterocycles. The highest BCUT2D eigenvalue weighted by Crippen LogP contribution is 2.21. The predicted molar refractivity (Wildman–Crippen MR) is 70.4 cm³/mol. The van der Waals surface area contributed by atoms with Gasteiger partial charge in [0.1, 0.15) is 0 Å². The maximum atomic E-state index is 3.44. The molecule has 2 aliphatic heterocycles. The summed E-state index contributed by atoms with van der Waals surface area (Å²) in [7, 11) is 0. The van der Waals surface area contributed by atoms with E-state index < -0.39 is 0 Å². The van der Waals surface area contributed by atoms with E-state index in [2.05, 4.69) is 17.1 Å². The Kier molecular flexibility index (Phi) is 7.98. The van der Waals surface area contributed by atoms with E-state index in [1.165, 1.54) is 51.9 Å². The molecule has 2 aliphatic rings. The Labute approximate surface area is 106 Å². The minimum Gasteiger partial charge on any atom is -0.317 e. The van der Waals surface area contributed by atoms with Gasteiger partial charge < -0.3 is 10.2 Å². The van der Waals surface area contributed by atoms with Crippen molar-refractivity contribution in [3.63, 3.8) is 0 Å². The fraction of sp³-hybridized carbons (Fsp3) is 1.00. The lowest BCUT2D eigenvalue weighted by molar-refractivity contribution is 0.115. The lowest BCUT2D eigenvalue weighted by atomic mass is 9.95. The normalized spacial score (nSPS) is 25.4. The molecule has 0 unspecified atom stereocenters. The van der Waals surface area contributed by atoms with Gasteiger partial charge in [-0.15, -0.1) is 24.8 Å². The molecule has 2 nitrogen and oxygen atoms in total. The van der Waals surface area contributed by atoms with Gasteiger partial charge in [-0.25, -0.2) is 0 Å². The van der Waals surface area contributed by atoms with Crippen LogP contribution in [0.15, 0.2) is 0 Å². The molecule has 0 atom stereocenters. The average molecular weight is 255 g/mol. The fourth-order valence-corrected chi connectivity index (χ4v) is 2.57. The van der Waals surface area contributed by atoms with Gasteiger partial charge in [-0.05, 0) is 57.8 Å². The third kappa shape index (κ3) is 4.48. The SMILES string of the molecule is CC1CCN(C2CCNCC2)CC1.Cl.Cl. The molecule has 4 heteroatoms. The zero-order valence-corrected chi connectivity index (χ0v) is 11.2. The molecular formula is C11H24Cl2N2. The van der Waals surface area contributed by atoms with Gasteiger partial charge in [0.05, 0.1) is 0 Å². The van der Waals surface area contributed by atoms with Crippen LogP contribution in [0, 0.1) is 5.92 Å². The van der Waals surface area contributed by atoms with E-state index in [0.717, 1.165) is 12.0 Å². The van der Waals surface area contributed by atoms with Gasteiger partial charge >= 0.3 is 0 Å². The van der Waals surface area contributed by atoms with Crippen LogP contribution in [0.5, 0.6) is 0 Å². The smallest absolute Gasteiger partial charge is 0.0119 e. The maximum Gasteiger partial charge on any atom is 0.0119 e. The largest absolute Gasteiger partial charge is 0.317 e. The highest BCUT2D eigenvalue weighted by molar-refractivity contribution is 5.85. The lowest BCUT2D eigenvalue weighted by Gasteiger charge is -2.38. The summed E-state index contributed by atoms with van der Waals surface area (Å²) >= 11 is 0. The topological polar surface area (TPSA) is 15.3 Å². The molecule has 0 radical (unpaired) electrons. The van der Waals surface area contributed by atoms with Crippen LogP contribution >= 0.6 is 24.8 Å². The molecule has 0 aromatic rings. The predicted octanol–water partition coefficient (Wildman–Crippen LogP) is 2.31. The number of likely N-dealkylation sites (tertiary alicyclic amines) is 1. The van der Waals surface area contributed by atoms with Crippen LogP contribution in [-0.2, 0) is 0 Å². The highest BCUT2D eigenvalue weighted by Gasteiger charge is 2.24. The van der Waals surface area contributed by atoms with Crippen molar-refractivity contribution in [2.45, 2.75) is 38.6 Å². The van der Waals surface area contributed by atoms with Crippen LogP contribution < -0.4 is 5.32 Å². The average Bonchev–Trinajstić information content (AvgIpc) is 2.20. The molecule has 2 fully saturated rings. The van der Waals surface area contributed by atoms with Crippen LogP contribution in [-0.4, -0.2) is 37.1 Å². The summed E-state index contributed by atoms with van der Waals surface area (Å²) in [5.74, 6) is 0.970. The quantitative estimate of drug-likeness (QED) is 0.773. The van der Waals surface area contributed by atoms with E-state index in [1.54, 1.807) is 0 Å². The third-order valence-corrected chi connectivity index (χ3v) is 3.64. The highest BCUT2D eigenvalue weighted by atomic mass is 35.5. The number of nitrogens with zero attached hydrogens (tertiary/aromatic N) is 1. The standard InChI is InChI=1S/C11H22N2.2ClH/c1-10-4-8-13(9-5-10)11-2-6-12-7-3-11;;/h10-12H,2-9H2,1H3;2*1H. The van der Waals surface area contributed by atoms with Crippen molar-refractivity contribution in [2.75, 3.05) is 26.2 Å². The lowest BCUT2D eigenvalue weighted by Crippen LogP contribution is -2.46. The van der Waals surface area contributed by atoms with Crippen molar-refractivity contribution in [3.05, 3.63) is 0 Å². The van der Waals surface area contributed by atoms with Crippen molar-refractivity contribution in [2.24, 2.45) is 5.92 Å². The van der Waals surface area contributed by atoms with E-state index in [9.17, 15) is 0 Å². The minimum absolute atomic E-state index is 0. The maximum absolute atomic E-state index is 3.44. The van der Waals surface area contributed by atoms with E-state index in [4.69, 9.17) is 0 Å². The molecule has 0 saturated carbocycles. The monoisotopic (exact) mass is 254 g/mol. The molecule has 0 amide bonds. The molecule has 0 spiro atoms. The van der Waals surface area contributed by atoms with Gasteiger partial charge in [0.25, 0.3) is 0 Å². The van der Waals surface area contributed by atoms with Crippen molar-refractivity contribution in [1.82, 2.24) is 10.2 Å². The Hall–Kier alpha value is 0.500. The van der Waals surface area contributed by atoms with Crippen molar-refractivity contribution in [1.29, 1.82) is 0 Å². The summed E-state index contributed by atoms with van der Waals surface area (Å²) in [4.78, 5) is 2.72. The second-order valence-corrected chi connectivity index (χ2v) is 4.70. The van der Waals surface area contributed by atoms with Crippen LogP contribution in [0.2, 0.25) is 0 Å². The number of piperidine rings is 2. The first-order valence-electron chi connectivity index (χ1n) is 5.81. The summed E-state index contributed by atoms with van der Waals surface area (Å²) in [6, 6.07) is 0.897. The Bertz CT molecular complexity index is 153. The second kappa shape index (κ2) is 7.72. The van der Waals surface area contributed by atoms with Crippen LogP contribution in [0.1, 0.15) is 32.6 Å². The second-order valence-electron chi connectivity index (χ2n) is 4.70. The first-order valence-corrected chi connectivity index (χ1v) is 5.81. The Morgan fingerprint density at radius 1 is 0.933 bits per heavy atom. The van der Waals surface area contributed by atoms with Crippen molar-refractivity contribution >= 4 is 24.8 Å². The summed E-state index contributed by atoms with van der Waals surface area (Å²) in [5.41, 5.74) is 0. The van der Waals surface area contributed by atoms with Crippen LogP contribution in [0.4, 0.5) is 0 Å². The van der Waals surface area contributed by atoms with Gasteiger partial charge in [0, 0.05) is 6.04 Å². The molecule has 1 N–H and O–H groups in total. The Balaban J connectivity index is 0.000000980. The summed E-state index contributed by atoms with van der Waals surface area (Å²) in [6.45, 7) is 7.56. The number of hydrogen-bond acceptors (Lipinski definition) is 2. The number of halogens is 2. The third-order valence-electron chi connectivity index (χ3n) is 3.64.